The van der Waals surface area contributed by atoms with Gasteiger partial charge in [0, 0.05) is 25.7 Å². The normalized spacial score (nSPS) is 40.1. The molecule has 5 nitrogen and oxygen atoms in total. The molecule has 0 radical (unpaired) electrons. The summed E-state index contributed by atoms with van der Waals surface area (Å²) in [6, 6.07) is 0.230. The van der Waals surface area contributed by atoms with Crippen LogP contribution in [0.3, 0.4) is 0 Å². The fraction of sp³-hybridized carbons (Fsp3) is 1.00. The summed E-state index contributed by atoms with van der Waals surface area (Å²) in [7, 11) is -3.02. The van der Waals surface area contributed by atoms with Crippen LogP contribution in [-0.4, -0.2) is 57.8 Å². The number of hydrogen-bond donors (Lipinski definition) is 2. The lowest BCUT2D eigenvalue weighted by Crippen LogP contribution is -2.37. The SMILES string of the molecule is CCS(=O)(=O)NC1C2CN(C[C@@H]3CCNC3)CC21. The van der Waals surface area contributed by atoms with Gasteiger partial charge < -0.3 is 10.2 Å². The van der Waals surface area contributed by atoms with Gasteiger partial charge in [-0.05, 0) is 44.2 Å². The summed E-state index contributed by atoms with van der Waals surface area (Å²) in [5.41, 5.74) is 0. The Balaban J connectivity index is 1.44. The Labute approximate surface area is 109 Å². The number of hydrogen-bond acceptors (Lipinski definition) is 4. The molecular weight excluding hydrogens is 250 g/mol. The van der Waals surface area contributed by atoms with Crippen molar-refractivity contribution in [1.29, 1.82) is 0 Å². The van der Waals surface area contributed by atoms with Crippen LogP contribution in [0.25, 0.3) is 0 Å². The monoisotopic (exact) mass is 273 g/mol. The maximum absolute atomic E-state index is 11.5. The first-order valence-corrected chi connectivity index (χ1v) is 8.67. The fourth-order valence-electron chi connectivity index (χ4n) is 3.46. The van der Waals surface area contributed by atoms with E-state index in [-0.39, 0.29) is 11.8 Å². The van der Waals surface area contributed by atoms with E-state index < -0.39 is 10.0 Å². The Hall–Kier alpha value is -0.170. The second-order valence-electron chi connectivity index (χ2n) is 5.95. The molecule has 0 amide bonds. The van der Waals surface area contributed by atoms with Crippen molar-refractivity contribution in [3.8, 4) is 0 Å². The molecule has 2 unspecified atom stereocenters. The van der Waals surface area contributed by atoms with E-state index in [2.05, 4.69) is 14.9 Å². The van der Waals surface area contributed by atoms with Crippen molar-refractivity contribution in [3.63, 3.8) is 0 Å². The molecule has 6 heteroatoms. The number of fused-ring (bicyclic) bond motifs is 1. The van der Waals surface area contributed by atoms with E-state index in [1.165, 1.54) is 13.0 Å². The number of nitrogens with one attached hydrogen (secondary N) is 2. The van der Waals surface area contributed by atoms with Crippen molar-refractivity contribution in [2.24, 2.45) is 17.8 Å². The maximum atomic E-state index is 11.5. The van der Waals surface area contributed by atoms with E-state index in [9.17, 15) is 8.42 Å². The summed E-state index contributed by atoms with van der Waals surface area (Å²) in [6.07, 6.45) is 1.29. The molecule has 18 heavy (non-hydrogen) atoms. The zero-order valence-electron chi connectivity index (χ0n) is 10.9. The molecule has 2 N–H and O–H groups in total. The molecule has 104 valence electrons. The standard InChI is InChI=1S/C12H23N3O2S/c1-2-18(16,17)14-12-10-7-15(8-11(10)12)6-9-3-4-13-5-9/h9-14H,2-8H2,1H3/t9-,10?,11?,12?/m1/s1. The zero-order chi connectivity index (χ0) is 12.8. The van der Waals surface area contributed by atoms with Crippen LogP contribution >= 0.6 is 0 Å². The minimum absolute atomic E-state index is 0.195. The predicted octanol–water partition coefficient (Wildman–Crippen LogP) is -0.535. The van der Waals surface area contributed by atoms with E-state index in [1.807, 2.05) is 0 Å². The van der Waals surface area contributed by atoms with Crippen molar-refractivity contribution in [1.82, 2.24) is 14.9 Å². The van der Waals surface area contributed by atoms with Gasteiger partial charge in [-0.15, -0.1) is 0 Å². The highest BCUT2D eigenvalue weighted by Crippen LogP contribution is 2.46. The molecule has 3 rings (SSSR count). The molecular formula is C12H23N3O2S. The van der Waals surface area contributed by atoms with Gasteiger partial charge in [0.15, 0.2) is 0 Å². The van der Waals surface area contributed by atoms with E-state index in [0.29, 0.717) is 11.8 Å². The lowest BCUT2D eigenvalue weighted by Gasteiger charge is -2.22. The molecule has 0 aromatic rings. The van der Waals surface area contributed by atoms with E-state index >= 15 is 0 Å². The van der Waals surface area contributed by atoms with Crippen LogP contribution in [0, 0.1) is 17.8 Å². The minimum atomic E-state index is -3.02. The van der Waals surface area contributed by atoms with Crippen molar-refractivity contribution in [3.05, 3.63) is 0 Å². The van der Waals surface area contributed by atoms with Gasteiger partial charge in [0.05, 0.1) is 5.75 Å². The van der Waals surface area contributed by atoms with Gasteiger partial charge in [0.1, 0.15) is 0 Å². The Bertz CT molecular complexity index is 394. The first-order chi connectivity index (χ1) is 8.59. The quantitative estimate of drug-likeness (QED) is 0.707. The summed E-state index contributed by atoms with van der Waals surface area (Å²) < 4.78 is 25.8. The summed E-state index contributed by atoms with van der Waals surface area (Å²) in [5, 5.41) is 3.40. The molecule has 2 saturated heterocycles. The fourth-order valence-corrected chi connectivity index (χ4v) is 4.39. The average molecular weight is 273 g/mol. The highest BCUT2D eigenvalue weighted by atomic mass is 32.2. The number of sulfonamides is 1. The summed E-state index contributed by atoms with van der Waals surface area (Å²) in [6.45, 7) is 7.35. The molecule has 1 aliphatic carbocycles. The zero-order valence-corrected chi connectivity index (χ0v) is 11.7. The van der Waals surface area contributed by atoms with Gasteiger partial charge in [0.25, 0.3) is 0 Å². The third-order valence-corrected chi connectivity index (χ3v) is 6.04. The molecule has 3 fully saturated rings. The second kappa shape index (κ2) is 4.74. The molecule has 0 aromatic heterocycles. The van der Waals surface area contributed by atoms with Crippen LogP contribution in [-0.2, 0) is 10.0 Å². The van der Waals surface area contributed by atoms with E-state index in [0.717, 1.165) is 32.1 Å². The van der Waals surface area contributed by atoms with Gasteiger partial charge in [-0.3, -0.25) is 0 Å². The minimum Gasteiger partial charge on any atom is -0.316 e. The Morgan fingerprint density at radius 2 is 2.06 bits per heavy atom. The van der Waals surface area contributed by atoms with Crippen LogP contribution in [0.5, 0.6) is 0 Å². The summed E-state index contributed by atoms with van der Waals surface area (Å²) in [4.78, 5) is 2.52. The highest BCUT2D eigenvalue weighted by Gasteiger charge is 2.56. The first kappa shape index (κ1) is 12.8. The van der Waals surface area contributed by atoms with Gasteiger partial charge in [-0.2, -0.15) is 0 Å². The summed E-state index contributed by atoms with van der Waals surface area (Å²) in [5.74, 6) is 2.13. The Morgan fingerprint density at radius 3 is 2.61 bits per heavy atom. The average Bonchev–Trinajstić information content (AvgIpc) is 2.82. The molecule has 0 aromatic carbocycles. The van der Waals surface area contributed by atoms with Crippen LogP contribution in [0.2, 0.25) is 0 Å². The Kier molecular flexibility index (Phi) is 3.38. The third-order valence-electron chi connectivity index (χ3n) is 4.64. The topological polar surface area (TPSA) is 61.4 Å². The maximum Gasteiger partial charge on any atom is 0.211 e. The molecule has 0 spiro atoms. The van der Waals surface area contributed by atoms with Crippen LogP contribution < -0.4 is 10.0 Å². The van der Waals surface area contributed by atoms with Gasteiger partial charge in [0.2, 0.25) is 10.0 Å². The van der Waals surface area contributed by atoms with Crippen molar-refractivity contribution in [2.75, 3.05) is 38.5 Å². The van der Waals surface area contributed by atoms with Crippen molar-refractivity contribution < 1.29 is 8.42 Å². The number of piperidine rings is 1. The van der Waals surface area contributed by atoms with Crippen LogP contribution in [0.1, 0.15) is 13.3 Å². The predicted molar refractivity (Wildman–Crippen MR) is 70.8 cm³/mol. The number of rotatable bonds is 5. The molecule has 2 heterocycles. The molecule has 2 aliphatic heterocycles. The van der Waals surface area contributed by atoms with E-state index in [4.69, 9.17) is 0 Å². The van der Waals surface area contributed by atoms with Crippen LogP contribution in [0.15, 0.2) is 0 Å². The molecule has 0 bridgehead atoms. The van der Waals surface area contributed by atoms with Crippen molar-refractivity contribution in [2.45, 2.75) is 19.4 Å². The smallest absolute Gasteiger partial charge is 0.211 e. The summed E-state index contributed by atoms with van der Waals surface area (Å²) >= 11 is 0. The highest BCUT2D eigenvalue weighted by molar-refractivity contribution is 7.89. The number of likely N-dealkylation sites (tertiary alicyclic amines) is 1. The Morgan fingerprint density at radius 1 is 1.33 bits per heavy atom. The van der Waals surface area contributed by atoms with Crippen molar-refractivity contribution >= 4 is 10.0 Å². The van der Waals surface area contributed by atoms with Crippen LogP contribution in [0.4, 0.5) is 0 Å². The first-order valence-electron chi connectivity index (χ1n) is 7.02. The second-order valence-corrected chi connectivity index (χ2v) is 7.99. The van der Waals surface area contributed by atoms with Gasteiger partial charge >= 0.3 is 0 Å². The van der Waals surface area contributed by atoms with E-state index in [1.54, 1.807) is 6.92 Å². The van der Waals surface area contributed by atoms with Gasteiger partial charge in [-0.1, -0.05) is 0 Å². The lowest BCUT2D eigenvalue weighted by atomic mass is 10.1. The largest absolute Gasteiger partial charge is 0.316 e. The molecule has 3 atom stereocenters. The lowest BCUT2D eigenvalue weighted by molar-refractivity contribution is 0.255. The molecule has 1 saturated carbocycles. The number of nitrogens with zero attached hydrogens (tertiary/aromatic N) is 1. The van der Waals surface area contributed by atoms with Gasteiger partial charge in [-0.25, -0.2) is 13.1 Å². The molecule has 3 aliphatic rings. The third kappa shape index (κ3) is 2.57.